The Labute approximate surface area is 65.0 Å². The number of carbonyl (C=O) groups excluding carboxylic acids is 1. The highest BCUT2D eigenvalue weighted by Gasteiger charge is 2.01. The van der Waals surface area contributed by atoms with Crippen molar-refractivity contribution in [1.82, 2.24) is 9.78 Å². The molecule has 1 heterocycles. The molecule has 0 atom stereocenters. The van der Waals surface area contributed by atoms with Crippen LogP contribution in [0, 0.1) is 13.8 Å². The maximum absolute atomic E-state index is 10.5. The molecule has 0 bridgehead atoms. The molecule has 0 radical (unpaired) electrons. The molecular weight excluding hydrogens is 142 g/mol. The number of aryl methyl sites for hydroxylation is 2. The van der Waals surface area contributed by atoms with Crippen LogP contribution in [0.2, 0.25) is 0 Å². The van der Waals surface area contributed by atoms with E-state index in [0.29, 0.717) is 0 Å². The highest BCUT2D eigenvalue weighted by Crippen LogP contribution is 2.01. The van der Waals surface area contributed by atoms with Gasteiger partial charge in [0.25, 0.3) is 0 Å². The van der Waals surface area contributed by atoms with Gasteiger partial charge in [-0.1, -0.05) is 0 Å². The van der Waals surface area contributed by atoms with Crippen molar-refractivity contribution < 1.29 is 4.79 Å². The standard InChI is InChI=1S/C7H11N3O/c1-5-3-10(4-7(8)11)9-6(5)2/h3H,4H2,1-2H3,(H2,8,11). The van der Waals surface area contributed by atoms with Gasteiger partial charge in [0, 0.05) is 6.20 Å². The molecule has 4 nitrogen and oxygen atoms in total. The topological polar surface area (TPSA) is 60.9 Å². The number of rotatable bonds is 2. The molecule has 0 saturated carbocycles. The number of nitrogens with zero attached hydrogens (tertiary/aromatic N) is 2. The van der Waals surface area contributed by atoms with E-state index >= 15 is 0 Å². The predicted molar refractivity (Wildman–Crippen MR) is 40.9 cm³/mol. The van der Waals surface area contributed by atoms with Gasteiger partial charge in [-0.25, -0.2) is 0 Å². The third-order valence-electron chi connectivity index (χ3n) is 1.51. The largest absolute Gasteiger partial charge is 0.368 e. The van der Waals surface area contributed by atoms with Crippen LogP contribution in [0.5, 0.6) is 0 Å². The molecular formula is C7H11N3O. The fourth-order valence-electron chi connectivity index (χ4n) is 0.858. The Morgan fingerprint density at radius 3 is 2.73 bits per heavy atom. The van der Waals surface area contributed by atoms with Gasteiger partial charge in [-0.05, 0) is 19.4 Å². The molecule has 60 valence electrons. The van der Waals surface area contributed by atoms with Crippen LogP contribution in [0.4, 0.5) is 0 Å². The number of amides is 1. The molecule has 1 aromatic rings. The highest BCUT2D eigenvalue weighted by atomic mass is 16.1. The van der Waals surface area contributed by atoms with Crippen molar-refractivity contribution in [3.63, 3.8) is 0 Å². The molecule has 11 heavy (non-hydrogen) atoms. The number of carbonyl (C=O) groups is 1. The fourth-order valence-corrected chi connectivity index (χ4v) is 0.858. The molecule has 0 spiro atoms. The van der Waals surface area contributed by atoms with Gasteiger partial charge in [-0.2, -0.15) is 5.10 Å². The van der Waals surface area contributed by atoms with Crippen LogP contribution in [-0.2, 0) is 11.3 Å². The Morgan fingerprint density at radius 1 is 1.73 bits per heavy atom. The average Bonchev–Trinajstić information content (AvgIpc) is 2.10. The minimum absolute atomic E-state index is 0.161. The van der Waals surface area contributed by atoms with E-state index in [2.05, 4.69) is 5.10 Å². The van der Waals surface area contributed by atoms with Crippen molar-refractivity contribution in [3.05, 3.63) is 17.5 Å². The Morgan fingerprint density at radius 2 is 2.36 bits per heavy atom. The molecule has 0 fully saturated rings. The Balaban J connectivity index is 2.81. The first-order valence-corrected chi connectivity index (χ1v) is 3.38. The van der Waals surface area contributed by atoms with Gasteiger partial charge in [0.1, 0.15) is 6.54 Å². The normalized spacial score (nSPS) is 10.0. The number of primary amides is 1. The van der Waals surface area contributed by atoms with E-state index in [9.17, 15) is 4.79 Å². The number of hydrogen-bond donors (Lipinski definition) is 1. The average molecular weight is 153 g/mol. The second-order valence-electron chi connectivity index (χ2n) is 2.56. The van der Waals surface area contributed by atoms with Crippen LogP contribution in [0.15, 0.2) is 6.20 Å². The predicted octanol–water partition coefficient (Wildman–Crippen LogP) is -0.0148. The van der Waals surface area contributed by atoms with Crippen LogP contribution in [0.25, 0.3) is 0 Å². The lowest BCUT2D eigenvalue weighted by Crippen LogP contribution is -2.18. The maximum atomic E-state index is 10.5. The first kappa shape index (κ1) is 7.78. The molecule has 0 unspecified atom stereocenters. The van der Waals surface area contributed by atoms with E-state index in [-0.39, 0.29) is 12.5 Å². The molecule has 0 aliphatic carbocycles. The summed E-state index contributed by atoms with van der Waals surface area (Å²) in [7, 11) is 0. The number of aromatic nitrogens is 2. The Hall–Kier alpha value is -1.32. The van der Waals surface area contributed by atoms with Gasteiger partial charge in [-0.15, -0.1) is 0 Å². The fraction of sp³-hybridized carbons (Fsp3) is 0.429. The number of nitrogens with two attached hydrogens (primary N) is 1. The van der Waals surface area contributed by atoms with E-state index in [0.717, 1.165) is 11.3 Å². The second-order valence-corrected chi connectivity index (χ2v) is 2.56. The molecule has 0 aliphatic heterocycles. The zero-order valence-corrected chi connectivity index (χ0v) is 6.66. The summed E-state index contributed by atoms with van der Waals surface area (Å²) in [6, 6.07) is 0. The van der Waals surface area contributed by atoms with E-state index in [4.69, 9.17) is 5.73 Å². The van der Waals surface area contributed by atoms with E-state index < -0.39 is 0 Å². The third-order valence-corrected chi connectivity index (χ3v) is 1.51. The van der Waals surface area contributed by atoms with Crippen molar-refractivity contribution in [2.75, 3.05) is 0 Å². The number of hydrogen-bond acceptors (Lipinski definition) is 2. The summed E-state index contributed by atoms with van der Waals surface area (Å²) in [5.74, 6) is -0.368. The first-order chi connectivity index (χ1) is 5.09. The lowest BCUT2D eigenvalue weighted by Gasteiger charge is -1.93. The molecule has 1 aromatic heterocycles. The van der Waals surface area contributed by atoms with E-state index in [1.54, 1.807) is 10.9 Å². The molecule has 2 N–H and O–H groups in total. The third kappa shape index (κ3) is 1.80. The summed E-state index contributed by atoms with van der Waals surface area (Å²) >= 11 is 0. The first-order valence-electron chi connectivity index (χ1n) is 3.38. The van der Waals surface area contributed by atoms with Crippen LogP contribution >= 0.6 is 0 Å². The minimum atomic E-state index is -0.368. The Kier molecular flexibility index (Phi) is 1.94. The van der Waals surface area contributed by atoms with Crippen molar-refractivity contribution in [1.29, 1.82) is 0 Å². The summed E-state index contributed by atoms with van der Waals surface area (Å²) in [5, 5.41) is 4.07. The zero-order chi connectivity index (χ0) is 8.43. The Bertz CT molecular complexity index is 258. The van der Waals surface area contributed by atoms with Gasteiger partial charge < -0.3 is 5.73 Å². The van der Waals surface area contributed by atoms with E-state index in [1.165, 1.54) is 0 Å². The molecule has 1 rings (SSSR count). The zero-order valence-electron chi connectivity index (χ0n) is 6.66. The molecule has 4 heteroatoms. The van der Waals surface area contributed by atoms with Gasteiger partial charge in [-0.3, -0.25) is 9.48 Å². The van der Waals surface area contributed by atoms with E-state index in [1.807, 2.05) is 13.8 Å². The molecule has 0 aliphatic rings. The van der Waals surface area contributed by atoms with Crippen LogP contribution in [0.3, 0.4) is 0 Å². The van der Waals surface area contributed by atoms with Crippen molar-refractivity contribution in [3.8, 4) is 0 Å². The molecule has 1 amide bonds. The van der Waals surface area contributed by atoms with Crippen molar-refractivity contribution in [2.24, 2.45) is 5.73 Å². The monoisotopic (exact) mass is 153 g/mol. The molecule has 0 saturated heterocycles. The van der Waals surface area contributed by atoms with Gasteiger partial charge in [0.05, 0.1) is 5.69 Å². The van der Waals surface area contributed by atoms with Gasteiger partial charge in [0.15, 0.2) is 0 Å². The quantitative estimate of drug-likeness (QED) is 0.649. The van der Waals surface area contributed by atoms with Crippen LogP contribution in [-0.4, -0.2) is 15.7 Å². The van der Waals surface area contributed by atoms with Crippen molar-refractivity contribution in [2.45, 2.75) is 20.4 Å². The summed E-state index contributed by atoms with van der Waals surface area (Å²) < 4.78 is 1.55. The smallest absolute Gasteiger partial charge is 0.239 e. The summed E-state index contributed by atoms with van der Waals surface area (Å²) in [6.45, 7) is 4.00. The lowest BCUT2D eigenvalue weighted by molar-refractivity contribution is -0.118. The summed E-state index contributed by atoms with van der Waals surface area (Å²) in [6.07, 6.45) is 1.81. The van der Waals surface area contributed by atoms with Crippen LogP contribution < -0.4 is 5.73 Å². The van der Waals surface area contributed by atoms with Crippen LogP contribution in [0.1, 0.15) is 11.3 Å². The second kappa shape index (κ2) is 2.74. The SMILES string of the molecule is Cc1cn(CC(N)=O)nc1C. The molecule has 0 aromatic carbocycles. The van der Waals surface area contributed by atoms with Gasteiger partial charge >= 0.3 is 0 Å². The summed E-state index contributed by atoms with van der Waals surface area (Å²) in [4.78, 5) is 10.5. The highest BCUT2D eigenvalue weighted by molar-refractivity contribution is 5.73. The van der Waals surface area contributed by atoms with Crippen molar-refractivity contribution >= 4 is 5.91 Å². The maximum Gasteiger partial charge on any atom is 0.239 e. The van der Waals surface area contributed by atoms with Gasteiger partial charge in [0.2, 0.25) is 5.91 Å². The summed E-state index contributed by atoms with van der Waals surface area (Å²) in [5.41, 5.74) is 7.00. The lowest BCUT2D eigenvalue weighted by atomic mass is 10.3. The minimum Gasteiger partial charge on any atom is -0.368 e.